The molecule has 1 aromatic rings. The Morgan fingerprint density at radius 2 is 1.75 bits per heavy atom. The molecule has 3 nitrogen and oxygen atoms in total. The molecule has 2 rings (SSSR count). The van der Waals surface area contributed by atoms with Gasteiger partial charge in [-0.05, 0) is 30.5 Å². The molecule has 0 spiro atoms. The second-order valence-corrected chi connectivity index (χ2v) is 5.31. The molecular weight excluding hydrogens is 252 g/mol. The molecule has 0 heterocycles. The summed E-state index contributed by atoms with van der Waals surface area (Å²) in [6.07, 6.45) is 9.18. The Bertz CT molecular complexity index is 468. The summed E-state index contributed by atoms with van der Waals surface area (Å²) in [6, 6.07) is 7.82. The number of benzene rings is 1. The first kappa shape index (κ1) is 14.6. The van der Waals surface area contributed by atoms with Crippen molar-refractivity contribution in [3.05, 3.63) is 35.9 Å². The van der Waals surface area contributed by atoms with Crippen LogP contribution in [0.25, 0.3) is 6.08 Å². The van der Waals surface area contributed by atoms with Crippen molar-refractivity contribution in [2.75, 3.05) is 14.2 Å². The van der Waals surface area contributed by atoms with Crippen LogP contribution in [0.2, 0.25) is 0 Å². The second-order valence-electron chi connectivity index (χ2n) is 5.31. The standard InChI is InChI=1S/C17H22O3/c1-19-15-8-6-14(7-9-15)10-13-17(16(18)20-2)11-4-3-5-12-17/h6-10,13H,3-5,11-12H2,1-2H3/b13-10-. The van der Waals surface area contributed by atoms with Gasteiger partial charge in [-0.1, -0.05) is 43.5 Å². The molecule has 1 aliphatic rings. The monoisotopic (exact) mass is 274 g/mol. The van der Waals surface area contributed by atoms with Crippen LogP contribution in [0.3, 0.4) is 0 Å². The van der Waals surface area contributed by atoms with Gasteiger partial charge in [0.05, 0.1) is 19.6 Å². The first-order chi connectivity index (χ1) is 9.70. The van der Waals surface area contributed by atoms with Crippen molar-refractivity contribution in [3.8, 4) is 5.75 Å². The van der Waals surface area contributed by atoms with E-state index in [1.165, 1.54) is 13.5 Å². The highest BCUT2D eigenvalue weighted by Crippen LogP contribution is 2.39. The highest BCUT2D eigenvalue weighted by atomic mass is 16.5. The molecule has 0 amide bonds. The summed E-state index contributed by atoms with van der Waals surface area (Å²) in [5, 5.41) is 0. The SMILES string of the molecule is COC(=O)C1(/C=C\c2ccc(OC)cc2)CCCCC1. The molecule has 0 saturated heterocycles. The van der Waals surface area contributed by atoms with Crippen molar-refractivity contribution >= 4 is 12.0 Å². The third kappa shape index (κ3) is 3.21. The molecule has 0 bridgehead atoms. The van der Waals surface area contributed by atoms with E-state index in [1.54, 1.807) is 7.11 Å². The summed E-state index contributed by atoms with van der Waals surface area (Å²) in [5.41, 5.74) is 0.632. The Morgan fingerprint density at radius 3 is 2.30 bits per heavy atom. The third-order valence-corrected chi connectivity index (χ3v) is 4.05. The van der Waals surface area contributed by atoms with E-state index in [4.69, 9.17) is 9.47 Å². The van der Waals surface area contributed by atoms with Crippen LogP contribution in [0.5, 0.6) is 5.75 Å². The van der Waals surface area contributed by atoms with E-state index in [-0.39, 0.29) is 5.97 Å². The number of carbonyl (C=O) groups is 1. The molecule has 0 N–H and O–H groups in total. The minimum absolute atomic E-state index is 0.109. The summed E-state index contributed by atoms with van der Waals surface area (Å²) in [5.74, 6) is 0.726. The number of rotatable bonds is 4. The fourth-order valence-electron chi connectivity index (χ4n) is 2.80. The quantitative estimate of drug-likeness (QED) is 0.783. The van der Waals surface area contributed by atoms with Crippen molar-refractivity contribution in [1.82, 2.24) is 0 Å². The summed E-state index contributed by atoms with van der Waals surface area (Å²) < 4.78 is 10.1. The van der Waals surface area contributed by atoms with Crippen LogP contribution in [-0.4, -0.2) is 20.2 Å². The lowest BCUT2D eigenvalue weighted by Gasteiger charge is -2.31. The van der Waals surface area contributed by atoms with E-state index < -0.39 is 5.41 Å². The van der Waals surface area contributed by atoms with Crippen LogP contribution in [0, 0.1) is 5.41 Å². The molecule has 1 aliphatic carbocycles. The largest absolute Gasteiger partial charge is 0.497 e. The lowest BCUT2D eigenvalue weighted by Crippen LogP contribution is -2.32. The zero-order valence-corrected chi connectivity index (χ0v) is 12.2. The fourth-order valence-corrected chi connectivity index (χ4v) is 2.80. The lowest BCUT2D eigenvalue weighted by atomic mass is 9.73. The zero-order valence-electron chi connectivity index (χ0n) is 12.2. The summed E-state index contributed by atoms with van der Waals surface area (Å²) >= 11 is 0. The molecule has 0 atom stereocenters. The van der Waals surface area contributed by atoms with E-state index in [0.29, 0.717) is 0 Å². The molecule has 1 aromatic carbocycles. The van der Waals surface area contributed by atoms with Gasteiger partial charge in [0.25, 0.3) is 0 Å². The average molecular weight is 274 g/mol. The number of hydrogen-bond donors (Lipinski definition) is 0. The number of methoxy groups -OCH3 is 2. The average Bonchev–Trinajstić information content (AvgIpc) is 2.53. The van der Waals surface area contributed by atoms with E-state index >= 15 is 0 Å². The Hall–Kier alpha value is -1.77. The van der Waals surface area contributed by atoms with Crippen molar-refractivity contribution in [1.29, 1.82) is 0 Å². The Balaban J connectivity index is 2.17. The van der Waals surface area contributed by atoms with E-state index in [9.17, 15) is 4.79 Å². The van der Waals surface area contributed by atoms with Gasteiger partial charge in [0.1, 0.15) is 5.75 Å². The van der Waals surface area contributed by atoms with Gasteiger partial charge in [0.15, 0.2) is 0 Å². The van der Waals surface area contributed by atoms with E-state index in [1.807, 2.05) is 36.4 Å². The van der Waals surface area contributed by atoms with Gasteiger partial charge < -0.3 is 9.47 Å². The lowest BCUT2D eigenvalue weighted by molar-refractivity contribution is -0.151. The molecule has 3 heteroatoms. The predicted octanol–water partition coefficient (Wildman–Crippen LogP) is 3.83. The van der Waals surface area contributed by atoms with E-state index in [2.05, 4.69) is 0 Å². The van der Waals surface area contributed by atoms with Crippen LogP contribution in [0.1, 0.15) is 37.7 Å². The molecule has 1 fully saturated rings. The number of esters is 1. The van der Waals surface area contributed by atoms with Crippen LogP contribution in [-0.2, 0) is 9.53 Å². The molecule has 0 aliphatic heterocycles. The third-order valence-electron chi connectivity index (χ3n) is 4.05. The van der Waals surface area contributed by atoms with Crippen molar-refractivity contribution in [2.45, 2.75) is 32.1 Å². The molecule has 20 heavy (non-hydrogen) atoms. The Labute approximate surface area is 120 Å². The second kappa shape index (κ2) is 6.60. The molecule has 1 saturated carbocycles. The Morgan fingerprint density at radius 1 is 1.10 bits per heavy atom. The topological polar surface area (TPSA) is 35.5 Å². The highest BCUT2D eigenvalue weighted by Gasteiger charge is 2.37. The summed E-state index contributed by atoms with van der Waals surface area (Å²) in [7, 11) is 3.12. The zero-order chi connectivity index (χ0) is 14.4. The molecule has 0 aromatic heterocycles. The summed E-state index contributed by atoms with van der Waals surface area (Å²) in [6.45, 7) is 0. The van der Waals surface area contributed by atoms with E-state index in [0.717, 1.165) is 37.0 Å². The number of carbonyl (C=O) groups excluding carboxylic acids is 1. The molecule has 0 unspecified atom stereocenters. The van der Waals surface area contributed by atoms with Gasteiger partial charge in [-0.2, -0.15) is 0 Å². The van der Waals surface area contributed by atoms with Gasteiger partial charge in [-0.25, -0.2) is 0 Å². The van der Waals surface area contributed by atoms with Crippen molar-refractivity contribution in [2.24, 2.45) is 5.41 Å². The Kier molecular flexibility index (Phi) is 4.83. The predicted molar refractivity (Wildman–Crippen MR) is 79.6 cm³/mol. The molecule has 0 radical (unpaired) electrons. The smallest absolute Gasteiger partial charge is 0.315 e. The van der Waals surface area contributed by atoms with Gasteiger partial charge in [0.2, 0.25) is 0 Å². The minimum atomic E-state index is -0.438. The maximum Gasteiger partial charge on any atom is 0.315 e. The minimum Gasteiger partial charge on any atom is -0.497 e. The van der Waals surface area contributed by atoms with Crippen molar-refractivity contribution in [3.63, 3.8) is 0 Å². The maximum atomic E-state index is 12.1. The van der Waals surface area contributed by atoms with Gasteiger partial charge in [0, 0.05) is 0 Å². The van der Waals surface area contributed by atoms with Crippen LogP contribution in [0.15, 0.2) is 30.3 Å². The highest BCUT2D eigenvalue weighted by molar-refractivity contribution is 5.80. The first-order valence-corrected chi connectivity index (χ1v) is 7.12. The molecular formula is C17H22O3. The van der Waals surface area contributed by atoms with Gasteiger partial charge in [-0.15, -0.1) is 0 Å². The maximum absolute atomic E-state index is 12.1. The van der Waals surface area contributed by atoms with Crippen LogP contribution < -0.4 is 4.74 Å². The van der Waals surface area contributed by atoms with Crippen molar-refractivity contribution < 1.29 is 14.3 Å². The first-order valence-electron chi connectivity index (χ1n) is 7.12. The number of ether oxygens (including phenoxy) is 2. The normalized spacial score (nSPS) is 17.9. The fraction of sp³-hybridized carbons (Fsp3) is 0.471. The summed E-state index contributed by atoms with van der Waals surface area (Å²) in [4.78, 5) is 12.1. The van der Waals surface area contributed by atoms with Crippen LogP contribution >= 0.6 is 0 Å². The number of hydrogen-bond acceptors (Lipinski definition) is 3. The van der Waals surface area contributed by atoms with Gasteiger partial charge in [-0.3, -0.25) is 4.79 Å². The van der Waals surface area contributed by atoms with Gasteiger partial charge >= 0.3 is 5.97 Å². The van der Waals surface area contributed by atoms with Crippen LogP contribution in [0.4, 0.5) is 0 Å². The molecule has 108 valence electrons.